The lowest BCUT2D eigenvalue weighted by Crippen LogP contribution is -2.54. The van der Waals surface area contributed by atoms with Crippen molar-refractivity contribution < 1.29 is 13.2 Å². The predicted molar refractivity (Wildman–Crippen MR) is 86.8 cm³/mol. The van der Waals surface area contributed by atoms with Crippen LogP contribution in [-0.4, -0.2) is 100 Å². The number of piperazine rings is 1. The van der Waals surface area contributed by atoms with Crippen LogP contribution in [0.4, 0.5) is 4.79 Å². The van der Waals surface area contributed by atoms with E-state index < -0.39 is 9.84 Å². The third-order valence-electron chi connectivity index (χ3n) is 4.38. The molecule has 1 atom stereocenters. The monoisotopic (exact) mass is 332 g/mol. The number of amides is 2. The van der Waals surface area contributed by atoms with Gasteiger partial charge in [-0.15, -0.1) is 0 Å². The molecular formula is C14H28N4O3S. The van der Waals surface area contributed by atoms with E-state index in [0.717, 1.165) is 32.5 Å². The summed E-state index contributed by atoms with van der Waals surface area (Å²) in [5.74, 6) is 0.591. The van der Waals surface area contributed by atoms with Crippen LogP contribution in [0.25, 0.3) is 0 Å². The Hall–Kier alpha value is -0.860. The van der Waals surface area contributed by atoms with Gasteiger partial charge in [-0.25, -0.2) is 13.2 Å². The molecule has 128 valence electrons. The molecule has 0 aromatic carbocycles. The quantitative estimate of drug-likeness (QED) is 0.684. The summed E-state index contributed by atoms with van der Waals surface area (Å²) in [6, 6.07) is 0.146. The standard InChI is InChI=1S/C14H28N4O3S/c1-16(2)6-3-5-15-14(19)18-9-7-17(8-10-18)13-4-11-22(20,21)12-13/h13H,3-12H2,1-2H3,(H,15,19). The van der Waals surface area contributed by atoms with Crippen LogP contribution in [0, 0.1) is 0 Å². The summed E-state index contributed by atoms with van der Waals surface area (Å²) in [6.07, 6.45) is 1.68. The first-order valence-corrected chi connectivity index (χ1v) is 9.81. The van der Waals surface area contributed by atoms with Crippen molar-refractivity contribution in [1.29, 1.82) is 0 Å². The zero-order valence-electron chi connectivity index (χ0n) is 13.6. The summed E-state index contributed by atoms with van der Waals surface area (Å²) in [6.45, 7) is 4.55. The minimum atomic E-state index is -2.84. The van der Waals surface area contributed by atoms with Crippen molar-refractivity contribution in [3.8, 4) is 0 Å². The van der Waals surface area contributed by atoms with Crippen LogP contribution in [0.3, 0.4) is 0 Å². The zero-order chi connectivity index (χ0) is 16.2. The minimum Gasteiger partial charge on any atom is -0.338 e. The maximum absolute atomic E-state index is 12.1. The van der Waals surface area contributed by atoms with E-state index in [4.69, 9.17) is 0 Å². The molecule has 2 saturated heterocycles. The van der Waals surface area contributed by atoms with Crippen LogP contribution in [0.2, 0.25) is 0 Å². The molecule has 0 saturated carbocycles. The molecule has 8 heteroatoms. The highest BCUT2D eigenvalue weighted by molar-refractivity contribution is 7.91. The Balaban J connectivity index is 1.67. The summed E-state index contributed by atoms with van der Waals surface area (Å²) in [5.41, 5.74) is 0. The highest BCUT2D eigenvalue weighted by Gasteiger charge is 2.34. The third kappa shape index (κ3) is 5.10. The van der Waals surface area contributed by atoms with Gasteiger partial charge in [0.2, 0.25) is 0 Å². The maximum Gasteiger partial charge on any atom is 0.317 e. The Morgan fingerprint density at radius 1 is 1.23 bits per heavy atom. The Morgan fingerprint density at radius 2 is 1.91 bits per heavy atom. The van der Waals surface area contributed by atoms with E-state index >= 15 is 0 Å². The molecule has 2 aliphatic heterocycles. The average molecular weight is 332 g/mol. The molecule has 1 N–H and O–H groups in total. The van der Waals surface area contributed by atoms with Gasteiger partial charge in [-0.2, -0.15) is 0 Å². The van der Waals surface area contributed by atoms with E-state index in [1.54, 1.807) is 0 Å². The van der Waals surface area contributed by atoms with E-state index in [1.807, 2.05) is 19.0 Å². The fraction of sp³-hybridized carbons (Fsp3) is 0.929. The van der Waals surface area contributed by atoms with Gasteiger partial charge in [0.25, 0.3) is 0 Å². The molecule has 1 unspecified atom stereocenters. The second kappa shape index (κ2) is 7.61. The Bertz CT molecular complexity index is 472. The van der Waals surface area contributed by atoms with Gasteiger partial charge in [-0.3, -0.25) is 4.90 Å². The second-order valence-electron chi connectivity index (χ2n) is 6.47. The molecule has 2 aliphatic rings. The van der Waals surface area contributed by atoms with Gasteiger partial charge in [0.05, 0.1) is 11.5 Å². The fourth-order valence-corrected chi connectivity index (χ4v) is 4.82. The van der Waals surface area contributed by atoms with Crippen LogP contribution in [0.5, 0.6) is 0 Å². The highest BCUT2D eigenvalue weighted by atomic mass is 32.2. The normalized spacial score (nSPS) is 25.6. The lowest BCUT2D eigenvalue weighted by Gasteiger charge is -2.37. The van der Waals surface area contributed by atoms with Gasteiger partial charge in [-0.1, -0.05) is 0 Å². The summed E-state index contributed by atoms with van der Waals surface area (Å²) in [5, 5.41) is 2.95. The van der Waals surface area contributed by atoms with Crippen molar-refractivity contribution in [2.75, 3.05) is 64.9 Å². The molecule has 2 amide bonds. The minimum absolute atomic E-state index is 0.00236. The number of nitrogens with one attached hydrogen (secondary N) is 1. The number of hydrogen-bond acceptors (Lipinski definition) is 5. The molecule has 0 aromatic heterocycles. The maximum atomic E-state index is 12.1. The second-order valence-corrected chi connectivity index (χ2v) is 8.70. The molecule has 0 aromatic rings. The number of urea groups is 1. The van der Waals surface area contributed by atoms with Gasteiger partial charge in [0.1, 0.15) is 0 Å². The van der Waals surface area contributed by atoms with Gasteiger partial charge in [0.15, 0.2) is 9.84 Å². The Kier molecular flexibility index (Phi) is 6.05. The van der Waals surface area contributed by atoms with Gasteiger partial charge in [-0.05, 0) is 33.5 Å². The first-order chi connectivity index (χ1) is 10.4. The molecular weight excluding hydrogens is 304 g/mol. The number of rotatable bonds is 5. The zero-order valence-corrected chi connectivity index (χ0v) is 14.4. The first kappa shape index (κ1) is 17.5. The SMILES string of the molecule is CN(C)CCCNC(=O)N1CCN(C2CCS(=O)(=O)C2)CC1. The molecule has 0 bridgehead atoms. The number of carbonyl (C=O) groups is 1. The molecule has 0 spiro atoms. The van der Waals surface area contributed by atoms with Crippen molar-refractivity contribution >= 4 is 15.9 Å². The van der Waals surface area contributed by atoms with Crippen molar-refractivity contribution in [1.82, 2.24) is 20.0 Å². The predicted octanol–water partition coefficient (Wildman–Crippen LogP) is -0.548. The van der Waals surface area contributed by atoms with E-state index in [1.165, 1.54) is 0 Å². The lowest BCUT2D eigenvalue weighted by atomic mass is 10.2. The van der Waals surface area contributed by atoms with Crippen LogP contribution in [0.1, 0.15) is 12.8 Å². The van der Waals surface area contributed by atoms with E-state index in [9.17, 15) is 13.2 Å². The molecule has 22 heavy (non-hydrogen) atoms. The summed E-state index contributed by atoms with van der Waals surface area (Å²) in [7, 11) is 1.20. The van der Waals surface area contributed by atoms with E-state index in [-0.39, 0.29) is 17.8 Å². The van der Waals surface area contributed by atoms with Crippen molar-refractivity contribution in [2.45, 2.75) is 18.9 Å². The summed E-state index contributed by atoms with van der Waals surface area (Å²) >= 11 is 0. The number of sulfone groups is 1. The number of carbonyl (C=O) groups excluding carboxylic acids is 1. The highest BCUT2D eigenvalue weighted by Crippen LogP contribution is 2.19. The molecule has 7 nitrogen and oxygen atoms in total. The van der Waals surface area contributed by atoms with Crippen LogP contribution in [0.15, 0.2) is 0 Å². The molecule has 0 radical (unpaired) electrons. The third-order valence-corrected chi connectivity index (χ3v) is 6.13. The Morgan fingerprint density at radius 3 is 2.45 bits per heavy atom. The topological polar surface area (TPSA) is 73.0 Å². The molecule has 0 aliphatic carbocycles. The molecule has 2 heterocycles. The lowest BCUT2D eigenvalue weighted by molar-refractivity contribution is 0.116. The summed E-state index contributed by atoms with van der Waals surface area (Å²) < 4.78 is 23.1. The summed E-state index contributed by atoms with van der Waals surface area (Å²) in [4.78, 5) is 18.2. The number of hydrogen-bond donors (Lipinski definition) is 1. The largest absolute Gasteiger partial charge is 0.338 e. The van der Waals surface area contributed by atoms with Crippen LogP contribution < -0.4 is 5.32 Å². The van der Waals surface area contributed by atoms with Gasteiger partial charge in [0, 0.05) is 38.8 Å². The molecule has 2 fully saturated rings. The molecule has 2 rings (SSSR count). The fourth-order valence-electron chi connectivity index (χ4n) is 3.06. The van der Waals surface area contributed by atoms with Crippen LogP contribution >= 0.6 is 0 Å². The van der Waals surface area contributed by atoms with Crippen molar-refractivity contribution in [3.63, 3.8) is 0 Å². The number of nitrogens with zero attached hydrogens (tertiary/aromatic N) is 3. The van der Waals surface area contributed by atoms with E-state index in [0.29, 0.717) is 25.4 Å². The van der Waals surface area contributed by atoms with E-state index in [2.05, 4.69) is 15.1 Å². The smallest absolute Gasteiger partial charge is 0.317 e. The average Bonchev–Trinajstić information content (AvgIpc) is 2.83. The Labute approximate surface area is 133 Å². The van der Waals surface area contributed by atoms with Gasteiger partial charge < -0.3 is 15.1 Å². The van der Waals surface area contributed by atoms with Gasteiger partial charge >= 0.3 is 6.03 Å². The first-order valence-electron chi connectivity index (χ1n) is 7.99. The van der Waals surface area contributed by atoms with Crippen molar-refractivity contribution in [3.05, 3.63) is 0 Å². The van der Waals surface area contributed by atoms with Crippen molar-refractivity contribution in [2.24, 2.45) is 0 Å². The van der Waals surface area contributed by atoms with Crippen LogP contribution in [-0.2, 0) is 9.84 Å².